The molecule has 2 aliphatic heterocycles. The number of hydrogen-bond donors (Lipinski definition) is 1. The van der Waals surface area contributed by atoms with Gasteiger partial charge >= 0.3 is 0 Å². The van der Waals surface area contributed by atoms with E-state index >= 15 is 0 Å². The van der Waals surface area contributed by atoms with Gasteiger partial charge in [0.2, 0.25) is 5.91 Å². The second kappa shape index (κ2) is 5.99. The molecule has 0 atom stereocenters. The Labute approximate surface area is 131 Å². The van der Waals surface area contributed by atoms with Crippen molar-refractivity contribution in [3.63, 3.8) is 0 Å². The summed E-state index contributed by atoms with van der Waals surface area (Å²) in [6.07, 6.45) is 2.50. The highest BCUT2D eigenvalue weighted by molar-refractivity contribution is 5.95. The lowest BCUT2D eigenvalue weighted by Crippen LogP contribution is -2.42. The topological polar surface area (TPSA) is 52.7 Å². The van der Waals surface area contributed by atoms with Gasteiger partial charge in [-0.05, 0) is 43.0 Å². The zero-order valence-electron chi connectivity index (χ0n) is 13.3. The maximum atomic E-state index is 12.6. The molecule has 1 fully saturated rings. The molecule has 5 heteroatoms. The fraction of sp³-hybridized carbons (Fsp3) is 0.529. The Bertz CT molecular complexity index is 590. The molecule has 0 spiro atoms. The number of rotatable bonds is 2. The van der Waals surface area contributed by atoms with Crippen molar-refractivity contribution in [2.75, 3.05) is 39.0 Å². The number of piperidine rings is 1. The number of benzene rings is 1. The van der Waals surface area contributed by atoms with E-state index in [-0.39, 0.29) is 17.7 Å². The minimum absolute atomic E-state index is 0.0586. The predicted octanol–water partition coefficient (Wildman–Crippen LogP) is 1.59. The molecule has 2 heterocycles. The minimum Gasteiger partial charge on any atom is -0.384 e. The molecule has 0 unspecified atom stereocenters. The number of carbonyl (C=O) groups is 2. The summed E-state index contributed by atoms with van der Waals surface area (Å²) in [7, 11) is 3.58. The Morgan fingerprint density at radius 2 is 1.95 bits per heavy atom. The first-order chi connectivity index (χ1) is 10.6. The van der Waals surface area contributed by atoms with Crippen LogP contribution in [0.4, 0.5) is 5.69 Å². The van der Waals surface area contributed by atoms with E-state index in [4.69, 9.17) is 0 Å². The number of carbonyl (C=O) groups excluding carboxylic acids is 2. The Hall–Kier alpha value is -2.04. The van der Waals surface area contributed by atoms with Gasteiger partial charge in [-0.25, -0.2) is 0 Å². The Morgan fingerprint density at radius 1 is 1.23 bits per heavy atom. The summed E-state index contributed by atoms with van der Waals surface area (Å²) >= 11 is 0. The average Bonchev–Trinajstić information content (AvgIpc) is 3.01. The van der Waals surface area contributed by atoms with E-state index in [0.29, 0.717) is 13.1 Å². The molecule has 0 saturated carbocycles. The number of amides is 2. The fourth-order valence-corrected chi connectivity index (χ4v) is 3.32. The van der Waals surface area contributed by atoms with Gasteiger partial charge < -0.3 is 15.1 Å². The Morgan fingerprint density at radius 3 is 2.64 bits per heavy atom. The van der Waals surface area contributed by atoms with Crippen molar-refractivity contribution >= 4 is 17.5 Å². The largest absolute Gasteiger partial charge is 0.384 e. The van der Waals surface area contributed by atoms with Crippen LogP contribution in [-0.2, 0) is 11.2 Å². The van der Waals surface area contributed by atoms with Crippen LogP contribution < -0.4 is 5.32 Å². The van der Waals surface area contributed by atoms with Crippen LogP contribution in [0.3, 0.4) is 0 Å². The molecule has 0 bridgehead atoms. The zero-order chi connectivity index (χ0) is 15.7. The van der Waals surface area contributed by atoms with Gasteiger partial charge in [-0.2, -0.15) is 0 Å². The van der Waals surface area contributed by atoms with Crippen LogP contribution in [0.2, 0.25) is 0 Å². The summed E-state index contributed by atoms with van der Waals surface area (Å²) in [6.45, 7) is 2.28. The summed E-state index contributed by atoms with van der Waals surface area (Å²) in [5, 5.41) is 3.31. The van der Waals surface area contributed by atoms with Crippen LogP contribution in [0.25, 0.3) is 0 Å². The van der Waals surface area contributed by atoms with Gasteiger partial charge in [0.05, 0.1) is 0 Å². The first-order valence-electron chi connectivity index (χ1n) is 7.93. The number of nitrogens with zero attached hydrogens (tertiary/aromatic N) is 2. The van der Waals surface area contributed by atoms with Crippen LogP contribution in [0.1, 0.15) is 28.8 Å². The maximum absolute atomic E-state index is 12.6. The van der Waals surface area contributed by atoms with Gasteiger partial charge in [-0.3, -0.25) is 9.59 Å². The third-order valence-corrected chi connectivity index (χ3v) is 4.63. The smallest absolute Gasteiger partial charge is 0.253 e. The van der Waals surface area contributed by atoms with Crippen LogP contribution in [0, 0.1) is 5.92 Å². The van der Waals surface area contributed by atoms with E-state index < -0.39 is 0 Å². The SMILES string of the molecule is CN(C)C(=O)C1CCN(C(=O)c2ccc3c(c2)CCN3)CC1. The zero-order valence-corrected chi connectivity index (χ0v) is 13.3. The second-order valence-electron chi connectivity index (χ2n) is 6.35. The molecule has 118 valence electrons. The first kappa shape index (κ1) is 14.9. The highest BCUT2D eigenvalue weighted by Crippen LogP contribution is 2.25. The monoisotopic (exact) mass is 301 g/mol. The number of likely N-dealkylation sites (tertiary alicyclic amines) is 1. The molecular weight excluding hydrogens is 278 g/mol. The highest BCUT2D eigenvalue weighted by Gasteiger charge is 2.28. The molecule has 1 aromatic carbocycles. The third kappa shape index (κ3) is 2.80. The predicted molar refractivity (Wildman–Crippen MR) is 86.0 cm³/mol. The minimum atomic E-state index is 0.0586. The Kier molecular flexibility index (Phi) is 4.05. The summed E-state index contributed by atoms with van der Waals surface area (Å²) < 4.78 is 0. The molecule has 22 heavy (non-hydrogen) atoms. The van der Waals surface area contributed by atoms with Crippen LogP contribution in [0.5, 0.6) is 0 Å². The number of hydrogen-bond acceptors (Lipinski definition) is 3. The van der Waals surface area contributed by atoms with Crippen molar-refractivity contribution in [1.82, 2.24) is 9.80 Å². The van der Waals surface area contributed by atoms with Gasteiger partial charge in [0.1, 0.15) is 0 Å². The first-order valence-corrected chi connectivity index (χ1v) is 7.93. The maximum Gasteiger partial charge on any atom is 0.253 e. The van der Waals surface area contributed by atoms with Crippen molar-refractivity contribution in [3.05, 3.63) is 29.3 Å². The molecule has 0 aliphatic carbocycles. The van der Waals surface area contributed by atoms with Gasteiger partial charge in [-0.15, -0.1) is 0 Å². The lowest BCUT2D eigenvalue weighted by Gasteiger charge is -2.32. The van der Waals surface area contributed by atoms with E-state index in [1.54, 1.807) is 19.0 Å². The molecular formula is C17H23N3O2. The second-order valence-corrected chi connectivity index (χ2v) is 6.35. The van der Waals surface area contributed by atoms with Gasteiger partial charge in [0.15, 0.2) is 0 Å². The number of fused-ring (bicyclic) bond motifs is 1. The summed E-state index contributed by atoms with van der Waals surface area (Å²) in [6, 6.07) is 5.91. The molecule has 0 aromatic heterocycles. The normalized spacial score (nSPS) is 17.8. The third-order valence-electron chi connectivity index (χ3n) is 4.63. The van der Waals surface area contributed by atoms with Crippen LogP contribution in [-0.4, -0.2) is 55.3 Å². The highest BCUT2D eigenvalue weighted by atomic mass is 16.2. The van der Waals surface area contributed by atoms with E-state index in [9.17, 15) is 9.59 Å². The van der Waals surface area contributed by atoms with Crippen molar-refractivity contribution in [2.24, 2.45) is 5.92 Å². The van der Waals surface area contributed by atoms with E-state index in [1.807, 2.05) is 23.1 Å². The summed E-state index contributed by atoms with van der Waals surface area (Å²) in [5.41, 5.74) is 3.13. The lowest BCUT2D eigenvalue weighted by molar-refractivity contribution is -0.134. The molecule has 1 saturated heterocycles. The standard InChI is InChI=1S/C17H23N3O2/c1-19(2)16(21)12-6-9-20(10-7-12)17(22)14-3-4-15-13(11-14)5-8-18-15/h3-4,11-12,18H,5-10H2,1-2H3. The van der Waals surface area contributed by atoms with Crippen molar-refractivity contribution in [1.29, 1.82) is 0 Å². The molecule has 3 rings (SSSR count). The molecule has 0 radical (unpaired) electrons. The van der Waals surface area contributed by atoms with Crippen molar-refractivity contribution in [3.8, 4) is 0 Å². The van der Waals surface area contributed by atoms with E-state index in [1.165, 1.54) is 5.56 Å². The quantitative estimate of drug-likeness (QED) is 0.902. The van der Waals surface area contributed by atoms with Crippen molar-refractivity contribution in [2.45, 2.75) is 19.3 Å². The van der Waals surface area contributed by atoms with Crippen LogP contribution in [0.15, 0.2) is 18.2 Å². The van der Waals surface area contributed by atoms with Crippen molar-refractivity contribution < 1.29 is 9.59 Å². The van der Waals surface area contributed by atoms with Gasteiger partial charge in [0, 0.05) is 50.9 Å². The fourth-order valence-electron chi connectivity index (χ4n) is 3.32. The number of anilines is 1. The lowest BCUT2D eigenvalue weighted by atomic mass is 9.95. The van der Waals surface area contributed by atoms with Gasteiger partial charge in [0.25, 0.3) is 5.91 Å². The van der Waals surface area contributed by atoms with E-state index in [0.717, 1.165) is 37.1 Å². The average molecular weight is 301 g/mol. The molecule has 2 aliphatic rings. The summed E-state index contributed by atoms with van der Waals surface area (Å²) in [4.78, 5) is 28.1. The molecule has 1 aromatic rings. The number of nitrogens with one attached hydrogen (secondary N) is 1. The van der Waals surface area contributed by atoms with E-state index in [2.05, 4.69) is 5.32 Å². The molecule has 2 amide bonds. The van der Waals surface area contributed by atoms with Gasteiger partial charge in [-0.1, -0.05) is 0 Å². The van der Waals surface area contributed by atoms with Crippen LogP contribution >= 0.6 is 0 Å². The Balaban J connectivity index is 1.64. The summed E-state index contributed by atoms with van der Waals surface area (Å²) in [5.74, 6) is 0.324. The molecule has 5 nitrogen and oxygen atoms in total. The molecule has 1 N–H and O–H groups in total.